The van der Waals surface area contributed by atoms with E-state index in [1.165, 1.54) is 126 Å². The number of aryl methyl sites for hydroxylation is 3. The first-order valence-corrected chi connectivity index (χ1v) is 13.6. The lowest BCUT2D eigenvalue weighted by Gasteiger charge is -2.08. The topological polar surface area (TPSA) is 7.76 Å². The molecular weight excluding hydrogens is 388 g/mol. The Kier molecular flexibility index (Phi) is 14.0. The van der Waals surface area contributed by atoms with Gasteiger partial charge in [0.15, 0.2) is 24.8 Å². The highest BCUT2D eigenvalue weighted by atomic mass is 14.9. The molecule has 0 saturated carbocycles. The summed E-state index contributed by atoms with van der Waals surface area (Å²) in [6.07, 6.45) is 32.8. The fourth-order valence-electron chi connectivity index (χ4n) is 4.68. The average Bonchev–Trinajstić information content (AvgIpc) is 2.79. The third-order valence-electron chi connectivity index (χ3n) is 6.77. The molecule has 0 aliphatic heterocycles. The van der Waals surface area contributed by atoms with Crippen LogP contribution < -0.4 is 9.13 Å². The van der Waals surface area contributed by atoms with Crippen LogP contribution in [0.15, 0.2) is 43.0 Å². The summed E-state index contributed by atoms with van der Waals surface area (Å²) in [7, 11) is 4.21. The third-order valence-corrected chi connectivity index (χ3v) is 6.77. The predicted molar refractivity (Wildman–Crippen MR) is 137 cm³/mol. The molecule has 0 saturated heterocycles. The zero-order chi connectivity index (χ0) is 22.9. The summed E-state index contributed by atoms with van der Waals surface area (Å²) in [5.74, 6) is 0. The lowest BCUT2D eigenvalue weighted by Crippen LogP contribution is -2.28. The first-order valence-electron chi connectivity index (χ1n) is 13.6. The van der Waals surface area contributed by atoms with Crippen LogP contribution in [-0.4, -0.2) is 0 Å². The van der Waals surface area contributed by atoms with Crippen LogP contribution in [-0.2, 0) is 20.5 Å². The van der Waals surface area contributed by atoms with Crippen molar-refractivity contribution in [3.8, 4) is 11.1 Å². The standard InChI is InChI=1S/C30H50N2/c1-4-5-6-7-8-9-10-11-12-13-14-15-16-17-18-19-20-29-27-32(3)26-23-30(29)28-21-24-31(2)25-22-28/h21-27H,4-20H2,1-3H3/q+2. The minimum Gasteiger partial charge on any atom is -0.208 e. The maximum atomic E-state index is 2.31. The van der Waals surface area contributed by atoms with Gasteiger partial charge in [-0.15, -0.1) is 0 Å². The summed E-state index contributed by atoms with van der Waals surface area (Å²) in [5.41, 5.74) is 4.20. The first-order chi connectivity index (χ1) is 15.7. The van der Waals surface area contributed by atoms with Crippen LogP contribution in [0.25, 0.3) is 11.1 Å². The van der Waals surface area contributed by atoms with Gasteiger partial charge in [0.25, 0.3) is 0 Å². The Morgan fingerprint density at radius 1 is 0.531 bits per heavy atom. The molecule has 0 bridgehead atoms. The highest BCUT2D eigenvalue weighted by Gasteiger charge is 2.10. The van der Waals surface area contributed by atoms with E-state index in [1.54, 1.807) is 0 Å². The lowest BCUT2D eigenvalue weighted by molar-refractivity contribution is -0.672. The molecule has 2 rings (SSSR count). The molecule has 0 spiro atoms. The smallest absolute Gasteiger partial charge is 0.172 e. The number of pyridine rings is 2. The molecule has 2 aromatic rings. The van der Waals surface area contributed by atoms with E-state index in [2.05, 4.69) is 73.1 Å². The van der Waals surface area contributed by atoms with Crippen molar-refractivity contribution in [1.82, 2.24) is 0 Å². The van der Waals surface area contributed by atoms with E-state index in [0.717, 1.165) is 0 Å². The maximum Gasteiger partial charge on any atom is 0.172 e. The molecule has 0 radical (unpaired) electrons. The summed E-state index contributed by atoms with van der Waals surface area (Å²) in [4.78, 5) is 0. The average molecular weight is 439 g/mol. The van der Waals surface area contributed by atoms with E-state index in [1.807, 2.05) is 0 Å². The highest BCUT2D eigenvalue weighted by molar-refractivity contribution is 5.65. The van der Waals surface area contributed by atoms with Gasteiger partial charge in [-0.2, -0.15) is 0 Å². The van der Waals surface area contributed by atoms with Crippen molar-refractivity contribution in [1.29, 1.82) is 0 Å². The molecule has 2 heteroatoms. The Hall–Kier alpha value is -1.70. The van der Waals surface area contributed by atoms with Crippen LogP contribution in [0.3, 0.4) is 0 Å². The van der Waals surface area contributed by atoms with E-state index in [9.17, 15) is 0 Å². The summed E-state index contributed by atoms with van der Waals surface area (Å²) < 4.78 is 4.29. The Bertz CT molecular complexity index is 720. The SMILES string of the molecule is CCCCCCCCCCCCCCCCCCc1c[n+](C)ccc1-c1cc[n+](C)cc1. The van der Waals surface area contributed by atoms with Gasteiger partial charge in [0.1, 0.15) is 14.1 Å². The van der Waals surface area contributed by atoms with Gasteiger partial charge in [0, 0.05) is 23.8 Å². The number of hydrogen-bond donors (Lipinski definition) is 0. The van der Waals surface area contributed by atoms with Gasteiger partial charge < -0.3 is 0 Å². The number of hydrogen-bond acceptors (Lipinski definition) is 0. The van der Waals surface area contributed by atoms with Crippen molar-refractivity contribution in [2.24, 2.45) is 14.1 Å². The van der Waals surface area contributed by atoms with Gasteiger partial charge >= 0.3 is 0 Å². The number of nitrogens with zero attached hydrogens (tertiary/aromatic N) is 2. The fraction of sp³-hybridized carbons (Fsp3) is 0.667. The Labute approximate surface area is 199 Å². The van der Waals surface area contributed by atoms with E-state index in [0.29, 0.717) is 0 Å². The first kappa shape index (κ1) is 26.6. The van der Waals surface area contributed by atoms with Gasteiger partial charge in [0.2, 0.25) is 0 Å². The van der Waals surface area contributed by atoms with Crippen LogP contribution in [0.4, 0.5) is 0 Å². The molecule has 0 unspecified atom stereocenters. The molecule has 0 aromatic carbocycles. The van der Waals surface area contributed by atoms with Gasteiger partial charge in [-0.05, 0) is 24.0 Å². The minimum atomic E-state index is 1.18. The molecule has 178 valence electrons. The van der Waals surface area contributed by atoms with E-state index in [4.69, 9.17) is 0 Å². The molecule has 0 aliphatic carbocycles. The van der Waals surface area contributed by atoms with Crippen molar-refractivity contribution in [3.63, 3.8) is 0 Å². The van der Waals surface area contributed by atoms with E-state index < -0.39 is 0 Å². The zero-order valence-electron chi connectivity index (χ0n) is 21.5. The summed E-state index contributed by atoms with van der Waals surface area (Å²) >= 11 is 0. The molecule has 2 aromatic heterocycles. The largest absolute Gasteiger partial charge is 0.208 e. The van der Waals surface area contributed by atoms with Crippen LogP contribution >= 0.6 is 0 Å². The zero-order valence-corrected chi connectivity index (χ0v) is 21.5. The molecule has 2 heterocycles. The van der Waals surface area contributed by atoms with Gasteiger partial charge in [-0.3, -0.25) is 0 Å². The minimum absolute atomic E-state index is 1.18. The second-order valence-corrected chi connectivity index (χ2v) is 9.85. The molecular formula is C30H50N2+2. The fourth-order valence-corrected chi connectivity index (χ4v) is 4.68. The molecule has 2 nitrogen and oxygen atoms in total. The van der Waals surface area contributed by atoms with Crippen LogP contribution in [0, 0.1) is 0 Å². The van der Waals surface area contributed by atoms with Crippen LogP contribution in [0.2, 0.25) is 0 Å². The van der Waals surface area contributed by atoms with E-state index >= 15 is 0 Å². The van der Waals surface area contributed by atoms with Crippen LogP contribution in [0.1, 0.15) is 115 Å². The summed E-state index contributed by atoms with van der Waals surface area (Å²) in [6.45, 7) is 2.30. The molecule has 32 heavy (non-hydrogen) atoms. The quantitative estimate of drug-likeness (QED) is 0.166. The molecule has 0 amide bonds. The summed E-state index contributed by atoms with van der Waals surface area (Å²) in [6, 6.07) is 6.73. The van der Waals surface area contributed by atoms with Crippen molar-refractivity contribution in [2.75, 3.05) is 0 Å². The number of aromatic nitrogens is 2. The third kappa shape index (κ3) is 11.2. The molecule has 0 N–H and O–H groups in total. The second kappa shape index (κ2) is 16.9. The van der Waals surface area contributed by atoms with Gasteiger partial charge in [-0.1, -0.05) is 103 Å². The summed E-state index contributed by atoms with van der Waals surface area (Å²) in [5, 5.41) is 0. The predicted octanol–water partition coefficient (Wildman–Crippen LogP) is 7.81. The highest BCUT2D eigenvalue weighted by Crippen LogP contribution is 2.23. The van der Waals surface area contributed by atoms with Crippen molar-refractivity contribution in [3.05, 3.63) is 48.5 Å². The molecule has 0 fully saturated rings. The normalized spacial score (nSPS) is 11.2. The van der Waals surface area contributed by atoms with E-state index in [-0.39, 0.29) is 0 Å². The number of rotatable bonds is 18. The number of unbranched alkanes of at least 4 members (excludes halogenated alkanes) is 15. The Morgan fingerprint density at radius 3 is 1.47 bits per heavy atom. The van der Waals surface area contributed by atoms with Crippen LogP contribution in [0.5, 0.6) is 0 Å². The molecule has 0 atom stereocenters. The van der Waals surface area contributed by atoms with Gasteiger partial charge in [-0.25, -0.2) is 9.13 Å². The Balaban J connectivity index is 1.50. The van der Waals surface area contributed by atoms with Crippen molar-refractivity contribution in [2.45, 2.75) is 116 Å². The maximum absolute atomic E-state index is 2.31. The second-order valence-electron chi connectivity index (χ2n) is 9.85. The Morgan fingerprint density at radius 2 is 0.969 bits per heavy atom. The molecule has 0 aliphatic rings. The van der Waals surface area contributed by atoms with Crippen molar-refractivity contribution < 1.29 is 9.13 Å². The van der Waals surface area contributed by atoms with Gasteiger partial charge in [0.05, 0.1) is 0 Å². The monoisotopic (exact) mass is 438 g/mol. The lowest BCUT2D eigenvalue weighted by atomic mass is 9.97. The van der Waals surface area contributed by atoms with Crippen molar-refractivity contribution >= 4 is 0 Å².